The van der Waals surface area contributed by atoms with E-state index in [1.807, 2.05) is 48.5 Å². The molecule has 1 aromatic heterocycles. The van der Waals surface area contributed by atoms with Crippen LogP contribution in [0.2, 0.25) is 0 Å². The van der Waals surface area contributed by atoms with Crippen molar-refractivity contribution in [3.8, 4) is 16.9 Å². The number of aromatic nitrogens is 2. The number of para-hydroxylation sites is 1. The van der Waals surface area contributed by atoms with Gasteiger partial charge in [0.25, 0.3) is 0 Å². The molecule has 0 spiro atoms. The number of hydrogen-bond acceptors (Lipinski definition) is 5. The normalized spacial score (nSPS) is 13.3. The van der Waals surface area contributed by atoms with Gasteiger partial charge in [0.05, 0.1) is 11.0 Å². The van der Waals surface area contributed by atoms with E-state index >= 15 is 0 Å². The van der Waals surface area contributed by atoms with E-state index in [9.17, 15) is 9.59 Å². The van der Waals surface area contributed by atoms with Gasteiger partial charge in [-0.3, -0.25) is 4.79 Å². The molecular formula is C33H37N3O4. The quantitative estimate of drug-likeness (QED) is 0.174. The summed E-state index contributed by atoms with van der Waals surface area (Å²) in [6, 6.07) is 21.7. The van der Waals surface area contributed by atoms with Crippen molar-refractivity contribution in [2.24, 2.45) is 5.92 Å². The summed E-state index contributed by atoms with van der Waals surface area (Å²) in [5.41, 5.74) is 5.00. The number of nitrogens with zero attached hydrogens (tertiary/aromatic N) is 2. The van der Waals surface area contributed by atoms with Crippen LogP contribution in [0.5, 0.6) is 5.75 Å². The molecule has 0 unspecified atom stereocenters. The Bertz CT molecular complexity index is 1510. The van der Waals surface area contributed by atoms with Crippen LogP contribution < -0.4 is 10.1 Å². The van der Waals surface area contributed by atoms with Crippen molar-refractivity contribution in [1.82, 2.24) is 9.55 Å². The fourth-order valence-corrected chi connectivity index (χ4v) is 4.67. The van der Waals surface area contributed by atoms with Crippen molar-refractivity contribution in [3.05, 3.63) is 78.1 Å². The third kappa shape index (κ3) is 6.71. The summed E-state index contributed by atoms with van der Waals surface area (Å²) in [5.74, 6) is 1.75. The molecule has 208 valence electrons. The zero-order chi connectivity index (χ0) is 28.3. The number of unbranched alkanes of at least 4 members (excludes halogenated alkanes) is 1. The first kappa shape index (κ1) is 27.4. The number of carbonyl (C=O) groups is 2. The number of imidazole rings is 1. The third-order valence-electron chi connectivity index (χ3n) is 6.87. The number of anilines is 1. The minimum atomic E-state index is -0.726. The minimum Gasteiger partial charge on any atom is -0.428 e. The second kappa shape index (κ2) is 11.5. The smallest absolute Gasteiger partial charge is 0.428 e. The molecule has 5 rings (SSSR count). The van der Waals surface area contributed by atoms with Crippen LogP contribution >= 0.6 is 0 Å². The van der Waals surface area contributed by atoms with E-state index < -0.39 is 11.8 Å². The van der Waals surface area contributed by atoms with Crippen molar-refractivity contribution in [1.29, 1.82) is 0 Å². The Morgan fingerprint density at radius 3 is 2.48 bits per heavy atom. The maximum atomic E-state index is 12.4. The molecule has 1 fully saturated rings. The number of fused-ring (bicyclic) bond motifs is 1. The first-order valence-electron chi connectivity index (χ1n) is 14.1. The lowest BCUT2D eigenvalue weighted by Crippen LogP contribution is -2.26. The molecule has 0 saturated heterocycles. The molecule has 7 nitrogen and oxygen atoms in total. The largest absolute Gasteiger partial charge is 0.514 e. The lowest BCUT2D eigenvalue weighted by Gasteiger charge is -2.19. The van der Waals surface area contributed by atoms with E-state index in [0.29, 0.717) is 12.3 Å². The van der Waals surface area contributed by atoms with Gasteiger partial charge in [0.1, 0.15) is 17.2 Å². The van der Waals surface area contributed by atoms with Gasteiger partial charge in [0.15, 0.2) is 0 Å². The number of carbonyl (C=O) groups excluding carboxylic acids is 2. The van der Waals surface area contributed by atoms with Crippen molar-refractivity contribution < 1.29 is 19.1 Å². The van der Waals surface area contributed by atoms with E-state index in [1.54, 1.807) is 26.8 Å². The molecule has 1 N–H and O–H groups in total. The first-order chi connectivity index (χ1) is 19.2. The molecule has 1 saturated carbocycles. The monoisotopic (exact) mass is 539 g/mol. The summed E-state index contributed by atoms with van der Waals surface area (Å²) >= 11 is 0. The standard InChI is InChI=1S/C33H37N3O4/c1-5-6-11-30-35-27-19-18-25(34-31(37)24-16-17-24)20-28(27)36(30)21-22-12-14-23(15-13-22)26-9-7-8-10-29(26)39-32(38)40-33(2,3)4/h7-10,12-15,18-20,24H,5-6,11,16-17,21H2,1-4H3,(H,34,37). The van der Waals surface area contributed by atoms with Gasteiger partial charge in [-0.25, -0.2) is 9.78 Å². The van der Waals surface area contributed by atoms with Crippen LogP contribution in [0.25, 0.3) is 22.2 Å². The Labute approximate surface area is 235 Å². The van der Waals surface area contributed by atoms with Crippen LogP contribution in [0.1, 0.15) is 64.8 Å². The number of amides is 1. The predicted octanol–water partition coefficient (Wildman–Crippen LogP) is 7.76. The SMILES string of the molecule is CCCCc1nc2ccc(NC(=O)C3CC3)cc2n1Cc1ccc(-c2ccccc2OC(=O)OC(C)(C)C)cc1. The molecule has 1 aliphatic rings. The van der Waals surface area contributed by atoms with Gasteiger partial charge in [-0.1, -0.05) is 55.8 Å². The van der Waals surface area contributed by atoms with Crippen molar-refractivity contribution in [2.75, 3.05) is 5.32 Å². The minimum absolute atomic E-state index is 0.100. The molecule has 0 aliphatic heterocycles. The lowest BCUT2D eigenvalue weighted by molar-refractivity contribution is -0.117. The van der Waals surface area contributed by atoms with Crippen LogP contribution in [-0.2, 0) is 22.5 Å². The number of ether oxygens (including phenoxy) is 2. The molecule has 4 aromatic rings. The lowest BCUT2D eigenvalue weighted by atomic mass is 10.0. The molecule has 1 heterocycles. The van der Waals surface area contributed by atoms with Crippen LogP contribution in [0.4, 0.5) is 10.5 Å². The van der Waals surface area contributed by atoms with Crippen LogP contribution in [0.3, 0.4) is 0 Å². The zero-order valence-corrected chi connectivity index (χ0v) is 23.7. The van der Waals surface area contributed by atoms with Crippen LogP contribution in [-0.4, -0.2) is 27.2 Å². The Balaban J connectivity index is 1.39. The van der Waals surface area contributed by atoms with Gasteiger partial charge < -0.3 is 19.4 Å². The number of benzene rings is 3. The van der Waals surface area contributed by atoms with E-state index in [0.717, 1.165) is 71.3 Å². The molecule has 0 bridgehead atoms. The van der Waals surface area contributed by atoms with Gasteiger partial charge >= 0.3 is 6.16 Å². The van der Waals surface area contributed by atoms with Gasteiger partial charge in [0.2, 0.25) is 5.91 Å². The average molecular weight is 540 g/mol. The highest BCUT2D eigenvalue weighted by Gasteiger charge is 2.29. The van der Waals surface area contributed by atoms with E-state index in [2.05, 4.69) is 28.9 Å². The van der Waals surface area contributed by atoms with Crippen LogP contribution in [0.15, 0.2) is 66.7 Å². The summed E-state index contributed by atoms with van der Waals surface area (Å²) in [5, 5.41) is 3.07. The van der Waals surface area contributed by atoms with Gasteiger partial charge in [0, 0.05) is 30.1 Å². The topological polar surface area (TPSA) is 82.5 Å². The highest BCUT2D eigenvalue weighted by Crippen LogP contribution is 2.32. The Morgan fingerprint density at radius 2 is 1.77 bits per heavy atom. The van der Waals surface area contributed by atoms with Gasteiger partial charge in [-0.15, -0.1) is 0 Å². The van der Waals surface area contributed by atoms with Crippen molar-refractivity contribution >= 4 is 28.8 Å². The number of hydrogen-bond donors (Lipinski definition) is 1. The Morgan fingerprint density at radius 1 is 1.02 bits per heavy atom. The highest BCUT2D eigenvalue weighted by atomic mass is 16.7. The van der Waals surface area contributed by atoms with Crippen molar-refractivity contribution in [2.45, 2.75) is 71.9 Å². The summed E-state index contributed by atoms with van der Waals surface area (Å²) in [6.45, 7) is 8.26. The maximum absolute atomic E-state index is 12.4. The van der Waals surface area contributed by atoms with Crippen LogP contribution in [0, 0.1) is 5.92 Å². The Kier molecular flexibility index (Phi) is 7.92. The molecule has 0 atom stereocenters. The highest BCUT2D eigenvalue weighted by molar-refractivity contribution is 5.95. The van der Waals surface area contributed by atoms with Crippen molar-refractivity contribution in [3.63, 3.8) is 0 Å². The molecule has 40 heavy (non-hydrogen) atoms. The molecule has 1 amide bonds. The maximum Gasteiger partial charge on any atom is 0.514 e. The Hall–Kier alpha value is -4.13. The van der Waals surface area contributed by atoms with Gasteiger partial charge in [-0.2, -0.15) is 0 Å². The zero-order valence-electron chi connectivity index (χ0n) is 23.7. The first-order valence-corrected chi connectivity index (χ1v) is 14.1. The molecule has 3 aromatic carbocycles. The molecular weight excluding hydrogens is 502 g/mol. The van der Waals surface area contributed by atoms with E-state index in [-0.39, 0.29) is 11.8 Å². The van der Waals surface area contributed by atoms with Gasteiger partial charge in [-0.05, 0) is 75.4 Å². The summed E-state index contributed by atoms with van der Waals surface area (Å²) in [7, 11) is 0. The summed E-state index contributed by atoms with van der Waals surface area (Å²) in [6.07, 6.45) is 4.26. The number of nitrogens with one attached hydrogen (secondary N) is 1. The number of rotatable bonds is 9. The second-order valence-electron chi connectivity index (χ2n) is 11.4. The fourth-order valence-electron chi connectivity index (χ4n) is 4.67. The molecule has 0 radical (unpaired) electrons. The van der Waals surface area contributed by atoms with E-state index in [4.69, 9.17) is 14.5 Å². The molecule has 7 heteroatoms. The third-order valence-corrected chi connectivity index (χ3v) is 6.87. The molecule has 1 aliphatic carbocycles. The fraction of sp³-hybridized carbons (Fsp3) is 0.364. The summed E-state index contributed by atoms with van der Waals surface area (Å²) in [4.78, 5) is 29.6. The number of aryl methyl sites for hydroxylation is 1. The predicted molar refractivity (Wildman–Crippen MR) is 158 cm³/mol. The summed E-state index contributed by atoms with van der Waals surface area (Å²) < 4.78 is 13.1. The average Bonchev–Trinajstić information content (AvgIpc) is 3.71. The van der Waals surface area contributed by atoms with E-state index in [1.165, 1.54) is 0 Å². The second-order valence-corrected chi connectivity index (χ2v) is 11.4.